The lowest BCUT2D eigenvalue weighted by Gasteiger charge is -2.37. The van der Waals surface area contributed by atoms with Gasteiger partial charge in [-0.3, -0.25) is 14.5 Å². The number of aryl methyl sites for hydroxylation is 2. The van der Waals surface area contributed by atoms with Crippen molar-refractivity contribution in [3.63, 3.8) is 0 Å². The summed E-state index contributed by atoms with van der Waals surface area (Å²) in [5.41, 5.74) is 2.06. The van der Waals surface area contributed by atoms with Crippen molar-refractivity contribution >= 4 is 28.2 Å². The average molecular weight is 425 g/mol. The number of carbonyl (C=O) groups excluding carboxylic acids is 2. The number of anilines is 1. The summed E-state index contributed by atoms with van der Waals surface area (Å²) in [6, 6.07) is 6.07. The fourth-order valence-corrected chi connectivity index (χ4v) is 5.74. The van der Waals surface area contributed by atoms with Crippen LogP contribution in [-0.4, -0.2) is 27.9 Å². The van der Waals surface area contributed by atoms with Crippen molar-refractivity contribution in [3.05, 3.63) is 51.7 Å². The van der Waals surface area contributed by atoms with Gasteiger partial charge in [-0.2, -0.15) is 0 Å². The lowest BCUT2D eigenvalue weighted by atomic mass is 9.74. The summed E-state index contributed by atoms with van der Waals surface area (Å²) in [4.78, 5) is 34.4. The Balaban J connectivity index is 1.65. The van der Waals surface area contributed by atoms with Crippen LogP contribution in [0.1, 0.15) is 48.4 Å². The number of Topliss-reactive ketones (excluding diaryl/α,β-unsaturated/α-hetero) is 1. The number of aromatic nitrogens is 1. The first-order valence-corrected chi connectivity index (χ1v) is 11.2. The number of nitrogens with zero attached hydrogens (tertiary/aromatic N) is 2. The molecular formula is C23H24N2O4S. The predicted octanol–water partition coefficient (Wildman–Crippen LogP) is 4.21. The average Bonchev–Trinajstić information content (AvgIpc) is 3.20. The molecule has 0 bridgehead atoms. The van der Waals surface area contributed by atoms with Gasteiger partial charge in [-0.05, 0) is 56.7 Å². The van der Waals surface area contributed by atoms with Crippen molar-refractivity contribution in [1.82, 2.24) is 4.98 Å². The van der Waals surface area contributed by atoms with Crippen LogP contribution in [0.2, 0.25) is 0 Å². The zero-order valence-corrected chi connectivity index (χ0v) is 18.0. The van der Waals surface area contributed by atoms with Gasteiger partial charge in [-0.1, -0.05) is 19.1 Å². The van der Waals surface area contributed by atoms with Gasteiger partial charge < -0.3 is 9.84 Å². The molecule has 0 radical (unpaired) electrons. The highest BCUT2D eigenvalue weighted by Crippen LogP contribution is 2.49. The zero-order chi connectivity index (χ0) is 21.2. The van der Waals surface area contributed by atoms with Crippen molar-refractivity contribution < 1.29 is 19.4 Å². The van der Waals surface area contributed by atoms with Crippen molar-refractivity contribution in [2.24, 2.45) is 11.8 Å². The first kappa shape index (κ1) is 19.3. The molecule has 6 nitrogen and oxygen atoms in total. The summed E-state index contributed by atoms with van der Waals surface area (Å²) < 4.78 is 6.20. The Hall–Kier alpha value is -2.67. The van der Waals surface area contributed by atoms with E-state index in [1.54, 1.807) is 29.2 Å². The van der Waals surface area contributed by atoms with Gasteiger partial charge in [-0.15, -0.1) is 11.3 Å². The van der Waals surface area contributed by atoms with Gasteiger partial charge in [0.2, 0.25) is 0 Å². The van der Waals surface area contributed by atoms with Crippen LogP contribution in [0.5, 0.6) is 5.75 Å². The van der Waals surface area contributed by atoms with Crippen LogP contribution in [0.25, 0.3) is 0 Å². The van der Waals surface area contributed by atoms with E-state index >= 15 is 0 Å². The number of carbonyl (C=O) groups is 2. The molecule has 1 aliphatic carbocycles. The molecule has 0 saturated heterocycles. The molecule has 156 valence electrons. The molecule has 1 aromatic heterocycles. The summed E-state index contributed by atoms with van der Waals surface area (Å²) >= 11 is 1.44. The third kappa shape index (κ3) is 2.87. The highest BCUT2D eigenvalue weighted by Gasteiger charge is 2.53. The van der Waals surface area contributed by atoms with E-state index in [2.05, 4.69) is 11.9 Å². The SMILES string of the molecule is Cc1nc(N2C(=O)C3=C(C(=O)C4CC(C)CCC4O3)C2c2ccc(O)cc2)sc1C. The number of benzene rings is 1. The molecular weight excluding hydrogens is 400 g/mol. The van der Waals surface area contributed by atoms with E-state index in [0.29, 0.717) is 16.6 Å². The first-order valence-electron chi connectivity index (χ1n) is 10.4. The minimum atomic E-state index is -0.594. The Morgan fingerprint density at radius 3 is 2.57 bits per heavy atom. The molecule has 30 heavy (non-hydrogen) atoms. The molecule has 4 unspecified atom stereocenters. The Kier molecular flexibility index (Phi) is 4.47. The molecule has 4 atom stereocenters. The number of rotatable bonds is 2. The van der Waals surface area contributed by atoms with Crippen LogP contribution in [0.4, 0.5) is 5.13 Å². The highest BCUT2D eigenvalue weighted by atomic mass is 32.1. The van der Waals surface area contributed by atoms with Crippen LogP contribution in [-0.2, 0) is 14.3 Å². The second-order valence-electron chi connectivity index (χ2n) is 8.60. The molecule has 0 spiro atoms. The summed E-state index contributed by atoms with van der Waals surface area (Å²) in [5.74, 6) is 0.288. The molecule has 7 heteroatoms. The van der Waals surface area contributed by atoms with Crippen molar-refractivity contribution in [3.8, 4) is 5.75 Å². The number of phenolic OH excluding ortho intramolecular Hbond substituents is 1. The van der Waals surface area contributed by atoms with Crippen LogP contribution >= 0.6 is 11.3 Å². The summed E-state index contributed by atoms with van der Waals surface area (Å²) in [6.07, 6.45) is 2.35. The minimum Gasteiger partial charge on any atom is -0.508 e. The molecule has 5 rings (SSSR count). The number of fused-ring (bicyclic) bond motifs is 1. The maximum Gasteiger partial charge on any atom is 0.296 e. The molecule has 3 heterocycles. The lowest BCUT2D eigenvalue weighted by Crippen LogP contribution is -2.41. The third-order valence-electron chi connectivity index (χ3n) is 6.54. The lowest BCUT2D eigenvalue weighted by molar-refractivity contribution is -0.132. The van der Waals surface area contributed by atoms with Crippen molar-refractivity contribution in [2.45, 2.75) is 52.2 Å². The number of thiazole rings is 1. The fourth-order valence-electron chi connectivity index (χ4n) is 4.81. The Labute approximate surface area is 179 Å². The molecule has 1 aromatic carbocycles. The number of hydrogen-bond donors (Lipinski definition) is 1. The predicted molar refractivity (Wildman–Crippen MR) is 113 cm³/mol. The second-order valence-corrected chi connectivity index (χ2v) is 9.78. The number of amides is 1. The fraction of sp³-hybridized carbons (Fsp3) is 0.435. The topological polar surface area (TPSA) is 79.7 Å². The van der Waals surface area contributed by atoms with Gasteiger partial charge in [0, 0.05) is 4.88 Å². The highest BCUT2D eigenvalue weighted by molar-refractivity contribution is 7.15. The van der Waals surface area contributed by atoms with Crippen LogP contribution in [0, 0.1) is 25.7 Å². The minimum absolute atomic E-state index is 0.0201. The summed E-state index contributed by atoms with van der Waals surface area (Å²) in [5, 5.41) is 10.3. The van der Waals surface area contributed by atoms with Crippen molar-refractivity contribution in [2.75, 3.05) is 4.90 Å². The maximum atomic E-state index is 13.6. The van der Waals surface area contributed by atoms with E-state index in [0.717, 1.165) is 35.4 Å². The normalized spacial score (nSPS) is 28.4. The van der Waals surface area contributed by atoms with Crippen LogP contribution in [0.3, 0.4) is 0 Å². The monoisotopic (exact) mass is 424 g/mol. The number of aromatic hydroxyl groups is 1. The smallest absolute Gasteiger partial charge is 0.296 e. The number of hydrogen-bond acceptors (Lipinski definition) is 6. The van der Waals surface area contributed by atoms with E-state index in [9.17, 15) is 14.7 Å². The van der Waals surface area contributed by atoms with E-state index in [1.165, 1.54) is 11.3 Å². The molecule has 3 aliphatic rings. The van der Waals surface area contributed by atoms with Gasteiger partial charge in [0.25, 0.3) is 5.91 Å². The number of phenols is 1. The molecule has 1 fully saturated rings. The van der Waals surface area contributed by atoms with E-state index < -0.39 is 6.04 Å². The molecule has 1 amide bonds. The van der Waals surface area contributed by atoms with Crippen LogP contribution in [0.15, 0.2) is 35.6 Å². The number of ketones is 1. The Bertz CT molecular complexity index is 1050. The molecule has 2 aromatic rings. The Morgan fingerprint density at radius 2 is 1.90 bits per heavy atom. The zero-order valence-electron chi connectivity index (χ0n) is 17.2. The first-order chi connectivity index (χ1) is 14.3. The third-order valence-corrected chi connectivity index (χ3v) is 7.61. The largest absolute Gasteiger partial charge is 0.508 e. The standard InChI is InChI=1S/C23H24N2O4S/c1-11-4-9-17-16(10-11)20(27)18-19(14-5-7-15(26)8-6-14)25(22(28)21(18)29-17)23-24-12(2)13(3)30-23/h5-8,11,16-17,19,26H,4,9-10H2,1-3H3. The van der Waals surface area contributed by atoms with E-state index in [1.807, 2.05) is 13.8 Å². The maximum absolute atomic E-state index is 13.6. The number of ether oxygens (including phenoxy) is 1. The summed E-state index contributed by atoms with van der Waals surface area (Å²) in [6.45, 7) is 6.05. The molecule has 2 aliphatic heterocycles. The van der Waals surface area contributed by atoms with Gasteiger partial charge in [0.1, 0.15) is 11.9 Å². The Morgan fingerprint density at radius 1 is 1.17 bits per heavy atom. The van der Waals surface area contributed by atoms with E-state index in [4.69, 9.17) is 4.74 Å². The van der Waals surface area contributed by atoms with E-state index in [-0.39, 0.29) is 35.2 Å². The molecule has 1 N–H and O–H groups in total. The van der Waals surface area contributed by atoms with Gasteiger partial charge in [0.15, 0.2) is 16.7 Å². The van der Waals surface area contributed by atoms with Crippen molar-refractivity contribution in [1.29, 1.82) is 0 Å². The van der Waals surface area contributed by atoms with Gasteiger partial charge in [0.05, 0.1) is 23.2 Å². The van der Waals surface area contributed by atoms with Crippen LogP contribution < -0.4 is 4.90 Å². The quantitative estimate of drug-likeness (QED) is 0.781. The second kappa shape index (κ2) is 6.94. The summed E-state index contributed by atoms with van der Waals surface area (Å²) in [7, 11) is 0. The molecule has 1 saturated carbocycles. The van der Waals surface area contributed by atoms with Gasteiger partial charge in [-0.25, -0.2) is 4.98 Å². The van der Waals surface area contributed by atoms with Gasteiger partial charge >= 0.3 is 0 Å².